The Morgan fingerprint density at radius 1 is 1.24 bits per heavy atom. The van der Waals surface area contributed by atoms with Crippen LogP contribution in [0.25, 0.3) is 17.1 Å². The van der Waals surface area contributed by atoms with Gasteiger partial charge in [0.1, 0.15) is 11.0 Å². The molecule has 21 heavy (non-hydrogen) atoms. The Labute approximate surface area is 123 Å². The number of nitrogens with zero attached hydrogens (tertiary/aromatic N) is 1. The maximum absolute atomic E-state index is 11.7. The number of hydrogen-bond donors (Lipinski definition) is 3. The van der Waals surface area contributed by atoms with Crippen molar-refractivity contribution in [2.75, 3.05) is 12.0 Å². The summed E-state index contributed by atoms with van der Waals surface area (Å²) in [5.41, 5.74) is 3.81. The van der Waals surface area contributed by atoms with Crippen molar-refractivity contribution in [1.82, 2.24) is 15.0 Å². The molecule has 0 aliphatic rings. The standard InChI is InChI=1S/C15H15N4OP/c1-21-7-6-10-4-2-3-5-11(10)19-12-8-16-14-13(12)17-9-18-15(14)20/h2-9,16,19,21H,1H3,(H,17,18,20)/b7-6+. The molecule has 3 N–H and O–H groups in total. The van der Waals surface area contributed by atoms with E-state index in [2.05, 4.69) is 38.8 Å². The van der Waals surface area contributed by atoms with Gasteiger partial charge >= 0.3 is 0 Å². The van der Waals surface area contributed by atoms with Gasteiger partial charge in [0.2, 0.25) is 0 Å². The summed E-state index contributed by atoms with van der Waals surface area (Å²) < 4.78 is 0. The number of aromatic nitrogens is 3. The fourth-order valence-electron chi connectivity index (χ4n) is 2.12. The number of para-hydroxylation sites is 1. The van der Waals surface area contributed by atoms with Gasteiger partial charge < -0.3 is 15.3 Å². The lowest BCUT2D eigenvalue weighted by Crippen LogP contribution is -2.05. The minimum absolute atomic E-state index is 0.173. The monoisotopic (exact) mass is 298 g/mol. The van der Waals surface area contributed by atoms with Crippen LogP contribution in [-0.2, 0) is 0 Å². The summed E-state index contributed by atoms with van der Waals surface area (Å²) in [6.45, 7) is 2.13. The van der Waals surface area contributed by atoms with Crippen LogP contribution in [0.2, 0.25) is 0 Å². The first kappa shape index (κ1) is 13.6. The summed E-state index contributed by atoms with van der Waals surface area (Å²) in [5, 5.41) is 3.34. The van der Waals surface area contributed by atoms with E-state index in [1.807, 2.05) is 24.3 Å². The molecule has 0 bridgehead atoms. The Balaban J connectivity index is 2.01. The van der Waals surface area contributed by atoms with Crippen LogP contribution < -0.4 is 10.9 Å². The van der Waals surface area contributed by atoms with Crippen LogP contribution in [0.3, 0.4) is 0 Å². The van der Waals surface area contributed by atoms with Gasteiger partial charge in [-0.1, -0.05) is 30.1 Å². The maximum Gasteiger partial charge on any atom is 0.275 e. The molecule has 5 nitrogen and oxygen atoms in total. The highest BCUT2D eigenvalue weighted by molar-refractivity contribution is 7.40. The number of anilines is 2. The molecular formula is C15H15N4OP. The van der Waals surface area contributed by atoms with Gasteiger partial charge in [0.25, 0.3) is 5.56 Å². The fraction of sp³-hybridized carbons (Fsp3) is 0.0667. The van der Waals surface area contributed by atoms with Gasteiger partial charge in [0.15, 0.2) is 0 Å². The molecule has 3 rings (SSSR count). The number of benzene rings is 1. The van der Waals surface area contributed by atoms with E-state index in [0.29, 0.717) is 11.0 Å². The van der Waals surface area contributed by atoms with E-state index in [9.17, 15) is 4.79 Å². The van der Waals surface area contributed by atoms with Gasteiger partial charge in [-0.3, -0.25) is 4.79 Å². The van der Waals surface area contributed by atoms with Crippen molar-refractivity contribution < 1.29 is 0 Å². The molecule has 0 radical (unpaired) electrons. The first-order valence-electron chi connectivity index (χ1n) is 6.54. The highest BCUT2D eigenvalue weighted by Crippen LogP contribution is 2.26. The predicted molar refractivity (Wildman–Crippen MR) is 89.7 cm³/mol. The van der Waals surface area contributed by atoms with Crippen molar-refractivity contribution in [3.8, 4) is 0 Å². The molecule has 0 saturated heterocycles. The summed E-state index contributed by atoms with van der Waals surface area (Å²) in [6.07, 6.45) is 5.26. The molecule has 0 aliphatic carbocycles. The summed E-state index contributed by atoms with van der Waals surface area (Å²) in [7, 11) is 0.764. The van der Waals surface area contributed by atoms with Gasteiger partial charge in [-0.05, 0) is 18.3 Å². The van der Waals surface area contributed by atoms with Crippen LogP contribution >= 0.6 is 8.58 Å². The minimum atomic E-state index is -0.173. The van der Waals surface area contributed by atoms with E-state index in [-0.39, 0.29) is 5.56 Å². The first-order chi connectivity index (χ1) is 10.3. The SMILES string of the molecule is CP/C=C/c1ccccc1Nc1c[nH]c2c(=O)[nH]cnc12. The van der Waals surface area contributed by atoms with Crippen molar-refractivity contribution in [3.63, 3.8) is 0 Å². The Morgan fingerprint density at radius 3 is 2.95 bits per heavy atom. The molecule has 0 spiro atoms. The van der Waals surface area contributed by atoms with E-state index < -0.39 is 0 Å². The highest BCUT2D eigenvalue weighted by Gasteiger charge is 2.08. The molecule has 0 aliphatic heterocycles. The molecule has 1 unspecified atom stereocenters. The molecule has 106 valence electrons. The number of fused-ring (bicyclic) bond motifs is 1. The van der Waals surface area contributed by atoms with Gasteiger partial charge in [-0.25, -0.2) is 4.98 Å². The lowest BCUT2D eigenvalue weighted by molar-refractivity contribution is 1.16. The van der Waals surface area contributed by atoms with Gasteiger partial charge in [0, 0.05) is 11.9 Å². The fourth-order valence-corrected chi connectivity index (χ4v) is 2.47. The number of rotatable bonds is 4. The second kappa shape index (κ2) is 5.94. The zero-order valence-corrected chi connectivity index (χ0v) is 12.5. The summed E-state index contributed by atoms with van der Waals surface area (Å²) in [6, 6.07) is 8.03. The quantitative estimate of drug-likeness (QED) is 0.647. The third-order valence-electron chi connectivity index (χ3n) is 3.13. The average Bonchev–Trinajstić information content (AvgIpc) is 2.91. The van der Waals surface area contributed by atoms with Crippen LogP contribution in [0.15, 0.2) is 47.4 Å². The highest BCUT2D eigenvalue weighted by atomic mass is 31.1. The van der Waals surface area contributed by atoms with E-state index in [4.69, 9.17) is 0 Å². The second-order valence-corrected chi connectivity index (χ2v) is 5.40. The van der Waals surface area contributed by atoms with Crippen molar-refractivity contribution in [2.45, 2.75) is 0 Å². The minimum Gasteiger partial charge on any atom is -0.353 e. The molecular weight excluding hydrogens is 283 g/mol. The molecule has 1 atom stereocenters. The third-order valence-corrected chi connectivity index (χ3v) is 3.63. The number of nitrogens with one attached hydrogen (secondary N) is 3. The Bertz CT molecular complexity index is 850. The second-order valence-electron chi connectivity index (χ2n) is 4.49. The lowest BCUT2D eigenvalue weighted by Gasteiger charge is -2.08. The average molecular weight is 298 g/mol. The smallest absolute Gasteiger partial charge is 0.275 e. The maximum atomic E-state index is 11.7. The van der Waals surface area contributed by atoms with Crippen molar-refractivity contribution in [2.24, 2.45) is 0 Å². The zero-order chi connectivity index (χ0) is 14.7. The van der Waals surface area contributed by atoms with E-state index in [1.165, 1.54) is 6.33 Å². The topological polar surface area (TPSA) is 73.6 Å². The van der Waals surface area contributed by atoms with Crippen molar-refractivity contribution >= 4 is 37.1 Å². The van der Waals surface area contributed by atoms with Crippen molar-refractivity contribution in [3.05, 3.63) is 58.5 Å². The van der Waals surface area contributed by atoms with Gasteiger partial charge in [-0.2, -0.15) is 0 Å². The van der Waals surface area contributed by atoms with Crippen LogP contribution in [0, 0.1) is 0 Å². The zero-order valence-electron chi connectivity index (χ0n) is 11.5. The van der Waals surface area contributed by atoms with E-state index in [0.717, 1.165) is 25.5 Å². The van der Waals surface area contributed by atoms with Crippen LogP contribution in [0.1, 0.15) is 5.56 Å². The normalized spacial score (nSPS) is 11.9. The van der Waals surface area contributed by atoms with Crippen LogP contribution in [0.4, 0.5) is 11.4 Å². The summed E-state index contributed by atoms with van der Waals surface area (Å²) in [5.74, 6) is 2.14. The number of hydrogen-bond acceptors (Lipinski definition) is 3. The molecule has 0 saturated carbocycles. The van der Waals surface area contributed by atoms with Crippen molar-refractivity contribution in [1.29, 1.82) is 0 Å². The van der Waals surface area contributed by atoms with Crippen LogP contribution in [0.5, 0.6) is 0 Å². The lowest BCUT2D eigenvalue weighted by atomic mass is 10.1. The molecule has 0 fully saturated rings. The van der Waals surface area contributed by atoms with Crippen LogP contribution in [-0.4, -0.2) is 21.6 Å². The number of H-pyrrole nitrogens is 2. The van der Waals surface area contributed by atoms with E-state index in [1.54, 1.807) is 6.20 Å². The summed E-state index contributed by atoms with van der Waals surface area (Å²) >= 11 is 0. The molecule has 3 aromatic rings. The molecule has 0 amide bonds. The molecule has 1 aromatic carbocycles. The van der Waals surface area contributed by atoms with E-state index >= 15 is 0 Å². The number of aromatic amines is 2. The van der Waals surface area contributed by atoms with Gasteiger partial charge in [-0.15, -0.1) is 8.58 Å². The largest absolute Gasteiger partial charge is 0.353 e. The Hall–Kier alpha value is -2.39. The Morgan fingerprint density at radius 2 is 2.10 bits per heavy atom. The Kier molecular flexibility index (Phi) is 3.84. The summed E-state index contributed by atoms with van der Waals surface area (Å²) in [4.78, 5) is 21.4. The third kappa shape index (κ3) is 2.73. The molecule has 6 heteroatoms. The molecule has 2 aromatic heterocycles. The predicted octanol–water partition coefficient (Wildman–Crippen LogP) is 3.27. The molecule has 2 heterocycles. The van der Waals surface area contributed by atoms with Gasteiger partial charge in [0.05, 0.1) is 12.0 Å². The first-order valence-corrected chi connectivity index (χ1v) is 8.12.